The van der Waals surface area contributed by atoms with E-state index in [0.717, 1.165) is 5.56 Å². The van der Waals surface area contributed by atoms with Crippen LogP contribution in [0, 0.1) is 16.0 Å². The first-order valence-electron chi connectivity index (χ1n) is 8.18. The van der Waals surface area contributed by atoms with Crippen molar-refractivity contribution in [3.8, 4) is 0 Å². The van der Waals surface area contributed by atoms with E-state index >= 15 is 0 Å². The van der Waals surface area contributed by atoms with E-state index < -0.39 is 4.92 Å². The lowest BCUT2D eigenvalue weighted by Crippen LogP contribution is -2.36. The van der Waals surface area contributed by atoms with Gasteiger partial charge in [-0.25, -0.2) is 5.43 Å². The molecule has 2 atom stereocenters. The third-order valence-electron chi connectivity index (χ3n) is 4.48. The van der Waals surface area contributed by atoms with Crippen LogP contribution in [0.1, 0.15) is 17.2 Å². The number of nitrogens with zero attached hydrogens (tertiary/aromatic N) is 2. The maximum Gasteiger partial charge on any atom is 0.269 e. The summed E-state index contributed by atoms with van der Waals surface area (Å²) >= 11 is 6.15. The lowest BCUT2D eigenvalue weighted by molar-refractivity contribution is -0.384. The molecule has 8 heteroatoms. The average molecular weight is 375 g/mol. The number of amides is 1. The summed E-state index contributed by atoms with van der Waals surface area (Å²) in [4.78, 5) is 25.0. The highest BCUT2D eigenvalue weighted by molar-refractivity contribution is 6.31. The van der Waals surface area contributed by atoms with Gasteiger partial charge in [0.05, 0.1) is 16.9 Å². The van der Waals surface area contributed by atoms with Crippen LogP contribution in [0.3, 0.4) is 0 Å². The Kier molecular flexibility index (Phi) is 5.51. The molecular formula is C18H19ClN4O3. The molecule has 1 saturated heterocycles. The Balaban J connectivity index is 1.75. The molecule has 2 aromatic rings. The number of hydrogen-bond donors (Lipinski definition) is 2. The molecule has 26 heavy (non-hydrogen) atoms. The predicted molar refractivity (Wildman–Crippen MR) is 98.4 cm³/mol. The topological polar surface area (TPSA) is 87.5 Å². The third-order valence-corrected chi connectivity index (χ3v) is 4.85. The van der Waals surface area contributed by atoms with E-state index in [1.165, 1.54) is 18.2 Å². The number of rotatable bonds is 5. The number of halogens is 1. The summed E-state index contributed by atoms with van der Waals surface area (Å²) in [6.45, 7) is 0.711. The first-order chi connectivity index (χ1) is 12.5. The molecule has 1 aliphatic heterocycles. The molecule has 1 aliphatic rings. The first kappa shape index (κ1) is 18.3. The van der Waals surface area contributed by atoms with Gasteiger partial charge in [0.25, 0.3) is 5.69 Å². The number of nitro benzene ring substituents is 1. The Bertz CT molecular complexity index is 815. The molecule has 0 radical (unpaired) electrons. The molecule has 1 heterocycles. The number of nitrogens with one attached hydrogen (secondary N) is 2. The molecule has 7 nitrogen and oxygen atoms in total. The van der Waals surface area contributed by atoms with Gasteiger partial charge in [0.2, 0.25) is 5.91 Å². The van der Waals surface area contributed by atoms with Crippen molar-refractivity contribution in [2.45, 2.75) is 12.6 Å². The third kappa shape index (κ3) is 3.85. The van der Waals surface area contributed by atoms with Crippen LogP contribution in [-0.2, 0) is 11.3 Å². The van der Waals surface area contributed by atoms with E-state index in [9.17, 15) is 14.9 Å². The van der Waals surface area contributed by atoms with E-state index in [4.69, 9.17) is 11.6 Å². The van der Waals surface area contributed by atoms with Gasteiger partial charge in [0, 0.05) is 37.3 Å². The maximum atomic E-state index is 12.9. The van der Waals surface area contributed by atoms with Crippen molar-refractivity contribution < 1.29 is 9.72 Å². The molecule has 0 spiro atoms. The minimum absolute atomic E-state index is 0.0448. The molecule has 2 aromatic carbocycles. The Morgan fingerprint density at radius 3 is 2.73 bits per heavy atom. The minimum atomic E-state index is -0.474. The molecule has 2 N–H and O–H groups in total. The van der Waals surface area contributed by atoms with Crippen molar-refractivity contribution in [3.63, 3.8) is 0 Å². The van der Waals surface area contributed by atoms with Gasteiger partial charge in [-0.2, -0.15) is 0 Å². The van der Waals surface area contributed by atoms with Gasteiger partial charge in [-0.1, -0.05) is 41.9 Å². The number of hydrazine groups is 1. The van der Waals surface area contributed by atoms with E-state index in [0.29, 0.717) is 17.1 Å². The Morgan fingerprint density at radius 1 is 1.31 bits per heavy atom. The van der Waals surface area contributed by atoms with Crippen LogP contribution >= 0.6 is 11.6 Å². The zero-order valence-corrected chi connectivity index (χ0v) is 14.9. The normalized spacial score (nSPS) is 19.3. The van der Waals surface area contributed by atoms with E-state index in [1.807, 2.05) is 30.3 Å². The molecule has 1 fully saturated rings. The van der Waals surface area contributed by atoms with Crippen molar-refractivity contribution in [1.82, 2.24) is 15.8 Å². The lowest BCUT2D eigenvalue weighted by atomic mass is 9.93. The highest BCUT2D eigenvalue weighted by atomic mass is 35.5. The zero-order valence-electron chi connectivity index (χ0n) is 14.2. The summed E-state index contributed by atoms with van der Waals surface area (Å²) in [6.07, 6.45) is 0. The molecule has 1 amide bonds. The Hall–Kier alpha value is -2.48. The lowest BCUT2D eigenvalue weighted by Gasteiger charge is -2.25. The van der Waals surface area contributed by atoms with Crippen LogP contribution in [0.15, 0.2) is 48.5 Å². The molecular weight excluding hydrogens is 356 g/mol. The van der Waals surface area contributed by atoms with Crippen LogP contribution < -0.4 is 10.9 Å². The van der Waals surface area contributed by atoms with E-state index in [1.54, 1.807) is 11.9 Å². The predicted octanol–water partition coefficient (Wildman–Crippen LogP) is 2.67. The molecule has 2 unspecified atom stereocenters. The monoisotopic (exact) mass is 374 g/mol. The summed E-state index contributed by atoms with van der Waals surface area (Å²) in [5.74, 6) is -0.334. The van der Waals surface area contributed by atoms with Crippen molar-refractivity contribution in [3.05, 3.63) is 74.8 Å². The smallest absolute Gasteiger partial charge is 0.269 e. The largest absolute Gasteiger partial charge is 0.341 e. The summed E-state index contributed by atoms with van der Waals surface area (Å²) < 4.78 is 0. The quantitative estimate of drug-likeness (QED) is 0.620. The standard InChI is InChI=1S/C18H19ClN4O3/c1-22(11-13-9-14(23(25)26)7-8-16(13)19)18(24)15-10-20-21-17(15)12-5-3-2-4-6-12/h2-9,15,17,20-21H,10-11H2,1H3. The summed E-state index contributed by atoms with van der Waals surface area (Å²) in [6, 6.07) is 13.9. The van der Waals surface area contributed by atoms with Crippen molar-refractivity contribution in [2.24, 2.45) is 5.92 Å². The highest BCUT2D eigenvalue weighted by Crippen LogP contribution is 2.28. The second-order valence-electron chi connectivity index (χ2n) is 6.25. The summed E-state index contributed by atoms with van der Waals surface area (Å²) in [7, 11) is 1.68. The van der Waals surface area contributed by atoms with Gasteiger partial charge in [-0.3, -0.25) is 20.3 Å². The van der Waals surface area contributed by atoms with Crippen molar-refractivity contribution >= 4 is 23.2 Å². The Morgan fingerprint density at radius 2 is 2.04 bits per heavy atom. The first-order valence-corrected chi connectivity index (χ1v) is 8.56. The van der Waals surface area contributed by atoms with Crippen LogP contribution in [0.2, 0.25) is 5.02 Å². The second kappa shape index (κ2) is 7.82. The van der Waals surface area contributed by atoms with Crippen LogP contribution in [-0.4, -0.2) is 29.3 Å². The number of benzene rings is 2. The summed E-state index contributed by atoms with van der Waals surface area (Å²) in [5, 5.41) is 11.4. The number of carbonyl (C=O) groups excluding carboxylic acids is 1. The van der Waals surface area contributed by atoms with Gasteiger partial charge in [-0.15, -0.1) is 0 Å². The second-order valence-corrected chi connectivity index (χ2v) is 6.65. The van der Waals surface area contributed by atoms with Gasteiger partial charge >= 0.3 is 0 Å². The van der Waals surface area contributed by atoms with Gasteiger partial charge in [-0.05, 0) is 17.2 Å². The molecule has 0 saturated carbocycles. The Labute approximate surface area is 156 Å². The highest BCUT2D eigenvalue weighted by Gasteiger charge is 2.35. The molecule has 0 aliphatic carbocycles. The van der Waals surface area contributed by atoms with Crippen LogP contribution in [0.25, 0.3) is 0 Å². The van der Waals surface area contributed by atoms with E-state index in [-0.39, 0.29) is 30.1 Å². The fourth-order valence-corrected chi connectivity index (χ4v) is 3.29. The molecule has 0 aromatic heterocycles. The number of nitro groups is 1. The van der Waals surface area contributed by atoms with Crippen LogP contribution in [0.4, 0.5) is 5.69 Å². The molecule has 0 bridgehead atoms. The van der Waals surface area contributed by atoms with Gasteiger partial charge in [0.1, 0.15) is 0 Å². The zero-order chi connectivity index (χ0) is 18.7. The van der Waals surface area contributed by atoms with Crippen LogP contribution in [0.5, 0.6) is 0 Å². The fraction of sp³-hybridized carbons (Fsp3) is 0.278. The SMILES string of the molecule is CN(Cc1cc([N+](=O)[O-])ccc1Cl)C(=O)C1CNNC1c1ccccc1. The van der Waals surface area contributed by atoms with Crippen molar-refractivity contribution in [1.29, 1.82) is 0 Å². The number of hydrogen-bond acceptors (Lipinski definition) is 5. The number of non-ortho nitro benzene ring substituents is 1. The molecule has 136 valence electrons. The molecule has 3 rings (SSSR count). The van der Waals surface area contributed by atoms with Gasteiger partial charge in [0.15, 0.2) is 0 Å². The van der Waals surface area contributed by atoms with Gasteiger partial charge < -0.3 is 4.90 Å². The average Bonchev–Trinajstić information content (AvgIpc) is 3.13. The minimum Gasteiger partial charge on any atom is -0.341 e. The van der Waals surface area contributed by atoms with E-state index in [2.05, 4.69) is 10.9 Å². The van der Waals surface area contributed by atoms with Crippen molar-refractivity contribution in [2.75, 3.05) is 13.6 Å². The fourth-order valence-electron chi connectivity index (χ4n) is 3.12. The summed E-state index contributed by atoms with van der Waals surface area (Å²) in [5.41, 5.74) is 7.72. The maximum absolute atomic E-state index is 12.9. The number of carbonyl (C=O) groups is 1.